The molecule has 24 heavy (non-hydrogen) atoms. The number of halogens is 3. The van der Waals surface area contributed by atoms with Gasteiger partial charge >= 0.3 is 6.18 Å². The van der Waals surface area contributed by atoms with Crippen LogP contribution >= 0.6 is 11.8 Å². The molecule has 0 saturated carbocycles. The van der Waals surface area contributed by atoms with E-state index in [2.05, 4.69) is 5.32 Å². The van der Waals surface area contributed by atoms with Gasteiger partial charge in [-0.15, -0.1) is 0 Å². The molecule has 1 atom stereocenters. The quantitative estimate of drug-likeness (QED) is 0.855. The van der Waals surface area contributed by atoms with Crippen molar-refractivity contribution in [3.63, 3.8) is 0 Å². The summed E-state index contributed by atoms with van der Waals surface area (Å²) in [7, 11) is 0. The van der Waals surface area contributed by atoms with E-state index in [-0.39, 0.29) is 5.69 Å². The first-order valence-electron chi connectivity index (χ1n) is 7.05. The van der Waals surface area contributed by atoms with Gasteiger partial charge < -0.3 is 10.4 Å². The van der Waals surface area contributed by atoms with Crippen LogP contribution in [-0.4, -0.2) is 22.8 Å². The Morgan fingerprint density at radius 2 is 1.71 bits per heavy atom. The van der Waals surface area contributed by atoms with Crippen molar-refractivity contribution in [2.45, 2.75) is 35.4 Å². The molecular weight excluding hydrogens is 339 g/mol. The van der Waals surface area contributed by atoms with Gasteiger partial charge in [-0.25, -0.2) is 0 Å². The van der Waals surface area contributed by atoms with Crippen molar-refractivity contribution in [3.8, 4) is 0 Å². The molecule has 0 aliphatic rings. The Hall–Kier alpha value is -1.99. The number of amides is 1. The molecule has 2 N–H and O–H groups in total. The van der Waals surface area contributed by atoms with Crippen LogP contribution in [0.15, 0.2) is 58.3 Å². The Balaban J connectivity index is 2.14. The fourth-order valence-corrected chi connectivity index (χ4v) is 2.77. The van der Waals surface area contributed by atoms with Gasteiger partial charge in [-0.05, 0) is 49.7 Å². The zero-order chi connectivity index (χ0) is 18.0. The smallest absolute Gasteiger partial charge is 0.373 e. The van der Waals surface area contributed by atoms with Gasteiger partial charge in [0.2, 0.25) is 5.60 Å². The summed E-state index contributed by atoms with van der Waals surface area (Å²) in [4.78, 5) is 13.6. The predicted octanol–water partition coefficient (Wildman–Crippen LogP) is 4.40. The van der Waals surface area contributed by atoms with Crippen LogP contribution < -0.4 is 5.32 Å². The zero-order valence-corrected chi connectivity index (χ0v) is 13.8. The van der Waals surface area contributed by atoms with E-state index in [1.807, 2.05) is 30.3 Å². The minimum Gasteiger partial charge on any atom is -0.373 e. The third-order valence-corrected chi connectivity index (χ3v) is 4.42. The van der Waals surface area contributed by atoms with Crippen molar-refractivity contribution in [2.75, 3.05) is 5.32 Å². The van der Waals surface area contributed by atoms with Gasteiger partial charge in [-0.1, -0.05) is 30.0 Å². The van der Waals surface area contributed by atoms with Gasteiger partial charge in [0.1, 0.15) is 0 Å². The molecule has 0 radical (unpaired) electrons. The van der Waals surface area contributed by atoms with Gasteiger partial charge in [0, 0.05) is 15.5 Å². The summed E-state index contributed by atoms with van der Waals surface area (Å²) < 4.78 is 38.0. The summed E-state index contributed by atoms with van der Waals surface area (Å²) in [6.07, 6.45) is -5.05. The minimum atomic E-state index is -5.05. The summed E-state index contributed by atoms with van der Waals surface area (Å²) in [6.45, 7) is 2.10. The van der Waals surface area contributed by atoms with E-state index in [1.54, 1.807) is 19.1 Å². The van der Waals surface area contributed by atoms with Crippen LogP contribution in [0.25, 0.3) is 0 Å². The van der Waals surface area contributed by atoms with Gasteiger partial charge in [0.05, 0.1) is 0 Å². The van der Waals surface area contributed by atoms with Gasteiger partial charge in [-0.2, -0.15) is 13.2 Å². The number of alkyl halides is 3. The van der Waals surface area contributed by atoms with E-state index < -0.39 is 17.7 Å². The van der Waals surface area contributed by atoms with Crippen molar-refractivity contribution in [1.82, 2.24) is 0 Å². The predicted molar refractivity (Wildman–Crippen MR) is 87.1 cm³/mol. The second-order valence-corrected chi connectivity index (χ2v) is 6.56. The third kappa shape index (κ3) is 4.10. The Bertz CT molecular complexity index is 730. The molecule has 0 fully saturated rings. The Kier molecular flexibility index (Phi) is 5.25. The van der Waals surface area contributed by atoms with Crippen LogP contribution in [0.3, 0.4) is 0 Å². The summed E-state index contributed by atoms with van der Waals surface area (Å²) in [5.41, 5.74) is -2.62. The lowest BCUT2D eigenvalue weighted by Crippen LogP contribution is -2.52. The maximum absolute atomic E-state index is 12.7. The number of carbonyl (C=O) groups excluding carboxylic acids is 1. The molecule has 0 aliphatic heterocycles. The average molecular weight is 355 g/mol. The van der Waals surface area contributed by atoms with Gasteiger partial charge in [-0.3, -0.25) is 4.79 Å². The maximum Gasteiger partial charge on any atom is 0.426 e. The van der Waals surface area contributed by atoms with Crippen molar-refractivity contribution >= 4 is 23.4 Å². The molecule has 1 unspecified atom stereocenters. The fraction of sp³-hybridized carbons (Fsp3) is 0.235. The molecule has 3 nitrogen and oxygen atoms in total. The van der Waals surface area contributed by atoms with E-state index in [0.29, 0.717) is 12.5 Å². The second kappa shape index (κ2) is 6.86. The number of nitrogens with one attached hydrogen (secondary N) is 1. The standard InChI is InChI=1S/C17H16F3NO2S/c1-11-10-13(24-12-6-4-3-5-7-12)8-9-14(11)21-15(22)16(2,23)17(18,19)20/h3-10,23H,1-2H3,(H,21,22). The number of benzene rings is 2. The molecule has 2 rings (SSSR count). The zero-order valence-electron chi connectivity index (χ0n) is 13.0. The van der Waals surface area contributed by atoms with Crippen LogP contribution in [0.2, 0.25) is 0 Å². The Morgan fingerprint density at radius 3 is 2.25 bits per heavy atom. The van der Waals surface area contributed by atoms with Crippen LogP contribution in [0.5, 0.6) is 0 Å². The third-order valence-electron chi connectivity index (χ3n) is 3.42. The maximum atomic E-state index is 12.7. The van der Waals surface area contributed by atoms with Crippen LogP contribution in [0.1, 0.15) is 12.5 Å². The molecule has 0 spiro atoms. The van der Waals surface area contributed by atoms with Crippen molar-refractivity contribution in [1.29, 1.82) is 0 Å². The number of anilines is 1. The first-order valence-corrected chi connectivity index (χ1v) is 7.87. The largest absolute Gasteiger partial charge is 0.426 e. The highest BCUT2D eigenvalue weighted by Gasteiger charge is 2.55. The Labute approximate surface area is 141 Å². The number of rotatable bonds is 4. The monoisotopic (exact) mass is 355 g/mol. The summed E-state index contributed by atoms with van der Waals surface area (Å²) >= 11 is 1.50. The Morgan fingerprint density at radius 1 is 1.08 bits per heavy atom. The van der Waals surface area contributed by atoms with E-state index in [9.17, 15) is 23.1 Å². The lowest BCUT2D eigenvalue weighted by Gasteiger charge is -2.25. The SMILES string of the molecule is Cc1cc(Sc2ccccc2)ccc1NC(=O)C(C)(O)C(F)(F)F. The topological polar surface area (TPSA) is 49.3 Å². The van der Waals surface area contributed by atoms with Crippen molar-refractivity contribution < 1.29 is 23.1 Å². The highest BCUT2D eigenvalue weighted by molar-refractivity contribution is 7.99. The van der Waals surface area contributed by atoms with Gasteiger partial charge in [0.15, 0.2) is 0 Å². The summed E-state index contributed by atoms with van der Waals surface area (Å²) in [6, 6.07) is 14.6. The highest BCUT2D eigenvalue weighted by Crippen LogP contribution is 2.33. The number of aliphatic hydroxyl groups is 1. The van der Waals surface area contributed by atoms with Crippen LogP contribution in [0, 0.1) is 6.92 Å². The summed E-state index contributed by atoms with van der Waals surface area (Å²) in [5.74, 6) is -1.51. The van der Waals surface area contributed by atoms with E-state index in [4.69, 9.17) is 0 Å². The fourth-order valence-electron chi connectivity index (χ4n) is 1.84. The number of aryl methyl sites for hydroxylation is 1. The number of hydrogen-bond acceptors (Lipinski definition) is 3. The first kappa shape index (κ1) is 18.4. The van der Waals surface area contributed by atoms with Gasteiger partial charge in [0.25, 0.3) is 5.91 Å². The molecule has 0 bridgehead atoms. The molecule has 1 amide bonds. The molecule has 2 aromatic rings. The minimum absolute atomic E-state index is 0.224. The second-order valence-electron chi connectivity index (χ2n) is 5.42. The molecular formula is C17H16F3NO2S. The van der Waals surface area contributed by atoms with Crippen LogP contribution in [-0.2, 0) is 4.79 Å². The molecule has 2 aromatic carbocycles. The first-order chi connectivity index (χ1) is 11.1. The normalized spacial score (nSPS) is 14.1. The van der Waals surface area contributed by atoms with E-state index >= 15 is 0 Å². The van der Waals surface area contributed by atoms with Crippen molar-refractivity contribution in [2.24, 2.45) is 0 Å². The lowest BCUT2D eigenvalue weighted by atomic mass is 10.1. The molecule has 128 valence electrons. The van der Waals surface area contributed by atoms with Crippen LogP contribution in [0.4, 0.5) is 18.9 Å². The molecule has 0 aliphatic carbocycles. The number of carbonyl (C=O) groups is 1. The summed E-state index contributed by atoms with van der Waals surface area (Å²) in [5, 5.41) is 11.5. The van der Waals surface area contributed by atoms with Crippen molar-refractivity contribution in [3.05, 3.63) is 54.1 Å². The lowest BCUT2D eigenvalue weighted by molar-refractivity contribution is -0.242. The molecule has 0 heterocycles. The van der Waals surface area contributed by atoms with E-state index in [1.165, 1.54) is 17.8 Å². The number of hydrogen-bond donors (Lipinski definition) is 2. The molecule has 0 saturated heterocycles. The highest BCUT2D eigenvalue weighted by atomic mass is 32.2. The molecule has 7 heteroatoms. The van der Waals surface area contributed by atoms with E-state index in [0.717, 1.165) is 9.79 Å². The average Bonchev–Trinajstić information content (AvgIpc) is 2.49. The molecule has 0 aromatic heterocycles.